The number of pyridine rings is 2. The summed E-state index contributed by atoms with van der Waals surface area (Å²) in [4.78, 5) is 18.7. The van der Waals surface area contributed by atoms with Crippen LogP contribution in [0.1, 0.15) is 24.3 Å². The number of H-pyrrole nitrogens is 1. The quantitative estimate of drug-likeness (QED) is 0.703. The fourth-order valence-electron chi connectivity index (χ4n) is 3.18. The average Bonchev–Trinajstić information content (AvgIpc) is 3.44. The fourth-order valence-corrected chi connectivity index (χ4v) is 3.74. The Morgan fingerprint density at radius 2 is 2.00 bits per heavy atom. The summed E-state index contributed by atoms with van der Waals surface area (Å²) in [6.07, 6.45) is 4.93. The Bertz CT molecular complexity index is 1180. The van der Waals surface area contributed by atoms with Crippen LogP contribution in [0.5, 0.6) is 5.75 Å². The predicted octanol–water partition coefficient (Wildman–Crippen LogP) is 2.85. The Kier molecular flexibility index (Phi) is 4.15. The molecular weight excluding hydrogens is 366 g/mol. The molecule has 0 radical (unpaired) electrons. The summed E-state index contributed by atoms with van der Waals surface area (Å²) in [5.41, 5.74) is 3.65. The molecule has 0 unspecified atom stereocenters. The minimum atomic E-state index is -3.44. The average molecular weight is 385 g/mol. The van der Waals surface area contributed by atoms with Crippen LogP contribution in [0.3, 0.4) is 0 Å². The number of rotatable bonds is 5. The van der Waals surface area contributed by atoms with Gasteiger partial charge in [0.05, 0.1) is 30.3 Å². The van der Waals surface area contributed by atoms with Crippen molar-refractivity contribution in [2.75, 3.05) is 18.1 Å². The Labute approximate surface area is 156 Å². The van der Waals surface area contributed by atoms with Gasteiger partial charge in [-0.05, 0) is 42.5 Å². The first-order valence-electron chi connectivity index (χ1n) is 8.53. The van der Waals surface area contributed by atoms with E-state index in [0.29, 0.717) is 17.4 Å². The molecular formula is C19H19N3O4S. The number of aromatic amines is 1. The van der Waals surface area contributed by atoms with Gasteiger partial charge in [0.25, 0.3) is 0 Å². The zero-order valence-corrected chi connectivity index (χ0v) is 15.8. The number of aromatic nitrogens is 2. The summed E-state index contributed by atoms with van der Waals surface area (Å²) in [6, 6.07) is 8.75. The first-order valence-corrected chi connectivity index (χ1v) is 10.4. The third kappa shape index (κ3) is 3.66. The zero-order chi connectivity index (χ0) is 19.2. The molecule has 1 aliphatic rings. The van der Waals surface area contributed by atoms with Crippen LogP contribution in [0.15, 0.2) is 41.3 Å². The molecule has 0 bridgehead atoms. The molecule has 7 nitrogen and oxygen atoms in total. The number of benzene rings is 1. The molecule has 0 amide bonds. The molecule has 1 aromatic carbocycles. The molecule has 2 N–H and O–H groups in total. The van der Waals surface area contributed by atoms with E-state index < -0.39 is 10.0 Å². The van der Waals surface area contributed by atoms with E-state index in [0.717, 1.165) is 46.8 Å². The minimum absolute atomic E-state index is 0.167. The summed E-state index contributed by atoms with van der Waals surface area (Å²) < 4.78 is 31.3. The van der Waals surface area contributed by atoms with E-state index in [9.17, 15) is 13.2 Å². The van der Waals surface area contributed by atoms with Crippen molar-refractivity contribution >= 4 is 26.6 Å². The van der Waals surface area contributed by atoms with Gasteiger partial charge in [-0.1, -0.05) is 0 Å². The lowest BCUT2D eigenvalue weighted by atomic mass is 10.0. The van der Waals surface area contributed by atoms with Gasteiger partial charge in [0, 0.05) is 29.3 Å². The molecule has 1 fully saturated rings. The summed E-state index contributed by atoms with van der Waals surface area (Å²) in [6.45, 7) is 0. The van der Waals surface area contributed by atoms with Gasteiger partial charge in [-0.2, -0.15) is 0 Å². The van der Waals surface area contributed by atoms with E-state index in [1.165, 1.54) is 13.2 Å². The van der Waals surface area contributed by atoms with Crippen LogP contribution in [0, 0.1) is 0 Å². The second kappa shape index (κ2) is 6.38. The fraction of sp³-hybridized carbons (Fsp3) is 0.263. The summed E-state index contributed by atoms with van der Waals surface area (Å²) in [5.74, 6) is 0.831. The second-order valence-electron chi connectivity index (χ2n) is 6.76. The minimum Gasteiger partial charge on any atom is -0.494 e. The van der Waals surface area contributed by atoms with E-state index >= 15 is 0 Å². The number of anilines is 1. The van der Waals surface area contributed by atoms with Gasteiger partial charge in [0.1, 0.15) is 5.75 Å². The first kappa shape index (κ1) is 17.5. The highest BCUT2D eigenvalue weighted by Crippen LogP contribution is 2.45. The van der Waals surface area contributed by atoms with E-state index in [4.69, 9.17) is 9.72 Å². The molecule has 0 atom stereocenters. The highest BCUT2D eigenvalue weighted by atomic mass is 32.2. The Balaban J connectivity index is 1.94. The molecule has 3 aromatic rings. The molecule has 140 valence electrons. The van der Waals surface area contributed by atoms with E-state index in [-0.39, 0.29) is 5.56 Å². The van der Waals surface area contributed by atoms with Crippen LogP contribution in [0.2, 0.25) is 0 Å². The van der Waals surface area contributed by atoms with E-state index in [1.807, 2.05) is 6.07 Å². The van der Waals surface area contributed by atoms with Crippen molar-refractivity contribution in [2.24, 2.45) is 0 Å². The van der Waals surface area contributed by atoms with E-state index in [2.05, 4.69) is 9.71 Å². The summed E-state index contributed by atoms with van der Waals surface area (Å²) >= 11 is 0. The van der Waals surface area contributed by atoms with Crippen molar-refractivity contribution < 1.29 is 13.2 Å². The van der Waals surface area contributed by atoms with Crippen LogP contribution in [0.4, 0.5) is 5.69 Å². The number of nitrogens with one attached hydrogen (secondary N) is 2. The summed E-state index contributed by atoms with van der Waals surface area (Å²) in [5, 5.41) is 0.901. The van der Waals surface area contributed by atoms with Crippen molar-refractivity contribution in [3.05, 3.63) is 52.4 Å². The molecule has 1 aliphatic carbocycles. The lowest BCUT2D eigenvalue weighted by Crippen LogP contribution is -2.10. The number of fused-ring (bicyclic) bond motifs is 1. The molecule has 0 aliphatic heterocycles. The lowest BCUT2D eigenvalue weighted by molar-refractivity contribution is 0.417. The van der Waals surface area contributed by atoms with Crippen molar-refractivity contribution in [1.29, 1.82) is 0 Å². The maximum absolute atomic E-state index is 11.7. The third-order valence-electron chi connectivity index (χ3n) is 4.55. The van der Waals surface area contributed by atoms with Gasteiger partial charge in [-0.3, -0.25) is 9.52 Å². The number of hydrogen-bond acceptors (Lipinski definition) is 5. The predicted molar refractivity (Wildman–Crippen MR) is 105 cm³/mol. The Morgan fingerprint density at radius 3 is 2.59 bits per heavy atom. The monoisotopic (exact) mass is 385 g/mol. The third-order valence-corrected chi connectivity index (χ3v) is 5.15. The van der Waals surface area contributed by atoms with Crippen LogP contribution >= 0.6 is 0 Å². The highest BCUT2D eigenvalue weighted by molar-refractivity contribution is 7.92. The maximum Gasteiger partial charge on any atom is 0.247 e. The van der Waals surface area contributed by atoms with Crippen molar-refractivity contribution in [1.82, 2.24) is 9.97 Å². The topological polar surface area (TPSA) is 101 Å². The molecule has 27 heavy (non-hydrogen) atoms. The SMILES string of the molecule is COc1cc2nc(-c3ccc(=O)[nH]c3)cc(C3CC3)c2cc1NS(C)(=O)=O. The van der Waals surface area contributed by atoms with Gasteiger partial charge in [-0.25, -0.2) is 13.4 Å². The van der Waals surface area contributed by atoms with Crippen LogP contribution in [-0.4, -0.2) is 31.8 Å². The van der Waals surface area contributed by atoms with Crippen LogP contribution in [-0.2, 0) is 10.0 Å². The molecule has 1 saturated carbocycles. The van der Waals surface area contributed by atoms with Crippen LogP contribution < -0.4 is 15.0 Å². The molecule has 0 saturated heterocycles. The van der Waals surface area contributed by atoms with E-state index in [1.54, 1.807) is 24.4 Å². The molecule has 8 heteroatoms. The van der Waals surface area contributed by atoms with Gasteiger partial charge >= 0.3 is 0 Å². The standard InChI is InChI=1S/C19H19N3O4S/c1-26-18-9-16-14(8-17(18)22-27(2,24)25)13(11-3-4-11)7-15(21-16)12-5-6-19(23)20-10-12/h5-11,22H,3-4H2,1-2H3,(H,20,23). The number of nitrogens with zero attached hydrogens (tertiary/aromatic N) is 1. The number of hydrogen-bond donors (Lipinski definition) is 2. The van der Waals surface area contributed by atoms with Crippen molar-refractivity contribution in [3.8, 4) is 17.0 Å². The largest absolute Gasteiger partial charge is 0.494 e. The van der Waals surface area contributed by atoms with Gasteiger partial charge in [-0.15, -0.1) is 0 Å². The lowest BCUT2D eigenvalue weighted by Gasteiger charge is -2.14. The summed E-state index contributed by atoms with van der Waals surface area (Å²) in [7, 11) is -1.95. The molecule has 0 spiro atoms. The smallest absolute Gasteiger partial charge is 0.247 e. The second-order valence-corrected chi connectivity index (χ2v) is 8.50. The number of ether oxygens (including phenoxy) is 1. The van der Waals surface area contributed by atoms with Gasteiger partial charge < -0.3 is 9.72 Å². The normalized spacial score (nSPS) is 14.3. The van der Waals surface area contributed by atoms with Crippen LogP contribution in [0.25, 0.3) is 22.2 Å². The Hall–Kier alpha value is -2.87. The van der Waals surface area contributed by atoms with Crippen molar-refractivity contribution in [2.45, 2.75) is 18.8 Å². The van der Waals surface area contributed by atoms with Gasteiger partial charge in [0.15, 0.2) is 0 Å². The molecule has 2 aromatic heterocycles. The first-order chi connectivity index (χ1) is 12.8. The van der Waals surface area contributed by atoms with Gasteiger partial charge in [0.2, 0.25) is 15.6 Å². The molecule has 4 rings (SSSR count). The highest BCUT2D eigenvalue weighted by Gasteiger charge is 2.27. The number of sulfonamides is 1. The zero-order valence-electron chi connectivity index (χ0n) is 14.9. The number of methoxy groups -OCH3 is 1. The molecule has 2 heterocycles. The maximum atomic E-state index is 11.7. The Morgan fingerprint density at radius 1 is 1.22 bits per heavy atom. The van der Waals surface area contributed by atoms with Crippen molar-refractivity contribution in [3.63, 3.8) is 0 Å².